The molecule has 5 N–H and O–H groups in total. The Kier molecular flexibility index (Phi) is 4.09. The second-order valence-corrected chi connectivity index (χ2v) is 4.68. The second-order valence-electron chi connectivity index (χ2n) is 4.68. The van der Waals surface area contributed by atoms with E-state index in [-0.39, 0.29) is 6.61 Å². The second kappa shape index (κ2) is 5.65. The first-order valence-electron chi connectivity index (χ1n) is 6.29. The predicted octanol–water partition coefficient (Wildman–Crippen LogP) is 3.07. The van der Waals surface area contributed by atoms with Crippen LogP contribution in [0.1, 0.15) is 11.1 Å². The van der Waals surface area contributed by atoms with Gasteiger partial charge >= 0.3 is 6.18 Å². The van der Waals surface area contributed by atoms with Gasteiger partial charge < -0.3 is 16.6 Å². The third-order valence-electron chi connectivity index (χ3n) is 3.19. The molecule has 6 heteroatoms. The minimum Gasteiger partial charge on any atom is -0.399 e. The molecule has 0 unspecified atom stereocenters. The lowest BCUT2D eigenvalue weighted by molar-refractivity contribution is -0.137. The van der Waals surface area contributed by atoms with Crippen LogP contribution in [0.3, 0.4) is 0 Å². The van der Waals surface area contributed by atoms with E-state index in [9.17, 15) is 13.2 Å². The summed E-state index contributed by atoms with van der Waals surface area (Å²) in [6.07, 6.45) is -4.07. The molecule has 0 amide bonds. The molecule has 0 fully saturated rings. The van der Waals surface area contributed by atoms with E-state index in [0.29, 0.717) is 34.5 Å². The molecule has 2 aromatic rings. The molecule has 3 nitrogen and oxygen atoms in total. The van der Waals surface area contributed by atoms with E-state index < -0.39 is 11.7 Å². The summed E-state index contributed by atoms with van der Waals surface area (Å²) >= 11 is 0. The van der Waals surface area contributed by atoms with Crippen LogP contribution >= 0.6 is 0 Å². The number of nitrogen functional groups attached to an aromatic ring is 2. The Hall–Kier alpha value is -2.21. The molecular weight excluding hydrogens is 281 g/mol. The Balaban J connectivity index is 2.51. The van der Waals surface area contributed by atoms with Crippen LogP contribution in [-0.4, -0.2) is 11.7 Å². The molecule has 0 spiro atoms. The first kappa shape index (κ1) is 15.2. The van der Waals surface area contributed by atoms with Crippen molar-refractivity contribution in [3.63, 3.8) is 0 Å². The van der Waals surface area contributed by atoms with Crippen LogP contribution in [0.25, 0.3) is 11.1 Å². The molecule has 0 radical (unpaired) electrons. The number of rotatable bonds is 3. The molecular formula is C15H15F3N2O. The summed E-state index contributed by atoms with van der Waals surface area (Å²) in [4.78, 5) is 0. The molecule has 0 atom stereocenters. The van der Waals surface area contributed by atoms with Gasteiger partial charge in [-0.1, -0.05) is 12.1 Å². The number of aliphatic hydroxyl groups is 1. The minimum absolute atomic E-state index is 0.109. The standard InChI is InChI=1S/C15H15F3N2O/c16-15(17,18)10-3-1-9(2-4-10)13-7-11(19)8-14(20)12(13)5-6-21/h1-4,7-8,21H,5-6,19-20H2. The van der Waals surface area contributed by atoms with Gasteiger partial charge in [-0.05, 0) is 47.4 Å². The topological polar surface area (TPSA) is 72.3 Å². The number of halogens is 3. The molecule has 2 rings (SSSR count). The summed E-state index contributed by atoms with van der Waals surface area (Å²) in [7, 11) is 0. The van der Waals surface area contributed by atoms with E-state index in [4.69, 9.17) is 16.6 Å². The first-order valence-corrected chi connectivity index (χ1v) is 6.29. The average Bonchev–Trinajstić information content (AvgIpc) is 2.41. The van der Waals surface area contributed by atoms with Crippen LogP contribution in [0.5, 0.6) is 0 Å². The Morgan fingerprint density at radius 3 is 2.14 bits per heavy atom. The fraction of sp³-hybridized carbons (Fsp3) is 0.200. The lowest BCUT2D eigenvalue weighted by Crippen LogP contribution is -2.05. The molecule has 0 aliphatic heterocycles. The molecule has 0 saturated heterocycles. The largest absolute Gasteiger partial charge is 0.416 e. The molecule has 21 heavy (non-hydrogen) atoms. The van der Waals surface area contributed by atoms with Gasteiger partial charge in [0.25, 0.3) is 0 Å². The number of aliphatic hydroxyl groups excluding tert-OH is 1. The van der Waals surface area contributed by atoms with Crippen LogP contribution in [-0.2, 0) is 12.6 Å². The lowest BCUT2D eigenvalue weighted by Gasteiger charge is -2.14. The van der Waals surface area contributed by atoms with E-state index >= 15 is 0 Å². The van der Waals surface area contributed by atoms with Crippen molar-refractivity contribution in [2.75, 3.05) is 18.1 Å². The maximum absolute atomic E-state index is 12.6. The highest BCUT2D eigenvalue weighted by Gasteiger charge is 2.30. The van der Waals surface area contributed by atoms with Gasteiger partial charge in [0, 0.05) is 18.0 Å². The summed E-state index contributed by atoms with van der Waals surface area (Å²) in [6, 6.07) is 7.98. The number of anilines is 2. The van der Waals surface area contributed by atoms with Crippen molar-refractivity contribution in [3.05, 3.63) is 47.5 Å². The zero-order valence-corrected chi connectivity index (χ0v) is 11.1. The van der Waals surface area contributed by atoms with Crippen molar-refractivity contribution in [2.24, 2.45) is 0 Å². The third-order valence-corrected chi connectivity index (χ3v) is 3.19. The Labute approximate surface area is 120 Å². The average molecular weight is 296 g/mol. The molecule has 0 heterocycles. The Morgan fingerprint density at radius 1 is 1.00 bits per heavy atom. The molecule has 0 saturated carbocycles. The highest BCUT2D eigenvalue weighted by molar-refractivity contribution is 5.77. The summed E-state index contributed by atoms with van der Waals surface area (Å²) in [6.45, 7) is -0.109. The molecule has 0 bridgehead atoms. The quantitative estimate of drug-likeness (QED) is 0.762. The fourth-order valence-electron chi connectivity index (χ4n) is 2.20. The normalized spacial score (nSPS) is 11.6. The van der Waals surface area contributed by atoms with E-state index in [1.807, 2.05) is 0 Å². The van der Waals surface area contributed by atoms with Crippen molar-refractivity contribution in [1.29, 1.82) is 0 Å². The fourth-order valence-corrected chi connectivity index (χ4v) is 2.20. The smallest absolute Gasteiger partial charge is 0.399 e. The van der Waals surface area contributed by atoms with Crippen LogP contribution < -0.4 is 11.5 Å². The molecule has 112 valence electrons. The van der Waals surface area contributed by atoms with E-state index in [1.54, 1.807) is 12.1 Å². The van der Waals surface area contributed by atoms with Gasteiger partial charge in [-0.25, -0.2) is 0 Å². The highest BCUT2D eigenvalue weighted by atomic mass is 19.4. The van der Waals surface area contributed by atoms with Gasteiger partial charge in [-0.2, -0.15) is 13.2 Å². The minimum atomic E-state index is -4.37. The van der Waals surface area contributed by atoms with E-state index in [0.717, 1.165) is 12.1 Å². The van der Waals surface area contributed by atoms with Crippen LogP contribution in [0, 0.1) is 0 Å². The number of alkyl halides is 3. The lowest BCUT2D eigenvalue weighted by atomic mass is 9.95. The van der Waals surface area contributed by atoms with Gasteiger partial charge in [0.05, 0.1) is 5.56 Å². The van der Waals surface area contributed by atoms with Gasteiger partial charge in [0.15, 0.2) is 0 Å². The van der Waals surface area contributed by atoms with Gasteiger partial charge in [-0.15, -0.1) is 0 Å². The molecule has 0 aromatic heterocycles. The summed E-state index contributed by atoms with van der Waals surface area (Å²) in [5, 5.41) is 9.10. The zero-order chi connectivity index (χ0) is 15.6. The maximum atomic E-state index is 12.6. The van der Waals surface area contributed by atoms with Gasteiger partial charge in [-0.3, -0.25) is 0 Å². The number of hydrogen-bond donors (Lipinski definition) is 3. The predicted molar refractivity (Wildman–Crippen MR) is 76.5 cm³/mol. The van der Waals surface area contributed by atoms with Crippen LogP contribution in [0.15, 0.2) is 36.4 Å². The van der Waals surface area contributed by atoms with Gasteiger partial charge in [0.2, 0.25) is 0 Å². The van der Waals surface area contributed by atoms with E-state index in [1.165, 1.54) is 12.1 Å². The molecule has 2 aromatic carbocycles. The van der Waals surface area contributed by atoms with Gasteiger partial charge in [0.1, 0.15) is 0 Å². The number of hydrogen-bond acceptors (Lipinski definition) is 3. The van der Waals surface area contributed by atoms with Crippen molar-refractivity contribution in [1.82, 2.24) is 0 Å². The maximum Gasteiger partial charge on any atom is 0.416 e. The summed E-state index contributed by atoms with van der Waals surface area (Å²) in [5.41, 5.74) is 13.6. The summed E-state index contributed by atoms with van der Waals surface area (Å²) < 4.78 is 37.7. The van der Waals surface area contributed by atoms with Crippen LogP contribution in [0.2, 0.25) is 0 Å². The van der Waals surface area contributed by atoms with Crippen molar-refractivity contribution in [3.8, 4) is 11.1 Å². The third kappa shape index (κ3) is 3.28. The monoisotopic (exact) mass is 296 g/mol. The van der Waals surface area contributed by atoms with Crippen LogP contribution in [0.4, 0.5) is 24.5 Å². The Bertz CT molecular complexity index is 637. The SMILES string of the molecule is Nc1cc(N)c(CCO)c(-c2ccc(C(F)(F)F)cc2)c1. The number of benzene rings is 2. The van der Waals surface area contributed by atoms with Crippen molar-refractivity contribution in [2.45, 2.75) is 12.6 Å². The first-order chi connectivity index (χ1) is 9.82. The van der Waals surface area contributed by atoms with E-state index in [2.05, 4.69) is 0 Å². The highest BCUT2D eigenvalue weighted by Crippen LogP contribution is 2.34. The van der Waals surface area contributed by atoms with Crippen molar-refractivity contribution >= 4 is 11.4 Å². The number of nitrogens with two attached hydrogens (primary N) is 2. The molecule has 0 aliphatic carbocycles. The van der Waals surface area contributed by atoms with Crippen molar-refractivity contribution < 1.29 is 18.3 Å². The zero-order valence-electron chi connectivity index (χ0n) is 11.1. The Morgan fingerprint density at radius 2 is 1.62 bits per heavy atom. The molecule has 0 aliphatic rings. The summed E-state index contributed by atoms with van der Waals surface area (Å²) in [5.74, 6) is 0.